The lowest BCUT2D eigenvalue weighted by molar-refractivity contribution is -0.148. The lowest BCUT2D eigenvalue weighted by atomic mass is 9.79. The summed E-state index contributed by atoms with van der Waals surface area (Å²) in [6.07, 6.45) is 1.45. The van der Waals surface area contributed by atoms with Crippen molar-refractivity contribution < 1.29 is 14.3 Å². The van der Waals surface area contributed by atoms with Gasteiger partial charge >= 0.3 is 5.97 Å². The van der Waals surface area contributed by atoms with E-state index in [1.165, 1.54) is 0 Å². The van der Waals surface area contributed by atoms with E-state index < -0.39 is 23.3 Å². The number of nitriles is 1. The van der Waals surface area contributed by atoms with E-state index in [1.54, 1.807) is 6.92 Å². The van der Waals surface area contributed by atoms with Crippen molar-refractivity contribution in [3.05, 3.63) is 45.7 Å². The maximum atomic E-state index is 13.3. The summed E-state index contributed by atoms with van der Waals surface area (Å²) < 4.78 is 5.16. The number of carbonyl (C=O) groups is 2. The molecule has 1 aromatic carbocycles. The smallest absolute Gasteiger partial charge is 0.310 e. The molecular weight excluding hydrogens is 436 g/mol. The molecule has 1 aromatic heterocycles. The van der Waals surface area contributed by atoms with E-state index in [1.807, 2.05) is 48.2 Å². The van der Waals surface area contributed by atoms with E-state index in [-0.39, 0.29) is 29.2 Å². The van der Waals surface area contributed by atoms with Crippen LogP contribution in [0.2, 0.25) is 0 Å². The fourth-order valence-electron chi connectivity index (χ4n) is 4.61. The molecule has 1 saturated heterocycles. The zero-order valence-electron chi connectivity index (χ0n) is 19.5. The lowest BCUT2D eigenvalue weighted by Crippen LogP contribution is -2.43. The van der Waals surface area contributed by atoms with E-state index in [9.17, 15) is 19.6 Å². The molecule has 1 amide bonds. The molecule has 3 heterocycles. The highest BCUT2D eigenvalue weighted by Crippen LogP contribution is 2.38. The van der Waals surface area contributed by atoms with Crippen LogP contribution in [0.25, 0.3) is 0 Å². The van der Waals surface area contributed by atoms with Crippen LogP contribution < -0.4 is 20.7 Å². The molecule has 0 bridgehead atoms. The summed E-state index contributed by atoms with van der Waals surface area (Å²) in [7, 11) is 3.83. The van der Waals surface area contributed by atoms with Gasteiger partial charge < -0.3 is 19.9 Å². The van der Waals surface area contributed by atoms with Crippen molar-refractivity contribution in [2.45, 2.75) is 25.7 Å². The summed E-state index contributed by atoms with van der Waals surface area (Å²) in [5.74, 6) is -2.44. The maximum absolute atomic E-state index is 13.3. The highest BCUT2D eigenvalue weighted by atomic mass is 16.5. The number of rotatable bonds is 5. The van der Waals surface area contributed by atoms with Crippen molar-refractivity contribution in [1.82, 2.24) is 9.97 Å². The van der Waals surface area contributed by atoms with Crippen LogP contribution in [0, 0.1) is 23.2 Å². The van der Waals surface area contributed by atoms with Gasteiger partial charge in [-0.15, -0.1) is 0 Å². The number of nitrogens with zero attached hydrogens (tertiary/aromatic N) is 4. The molecule has 4 rings (SSSR count). The highest BCUT2D eigenvalue weighted by molar-refractivity contribution is 5.98. The number of hydrogen-bond acceptors (Lipinski definition) is 8. The van der Waals surface area contributed by atoms with Crippen LogP contribution >= 0.6 is 0 Å². The summed E-state index contributed by atoms with van der Waals surface area (Å²) >= 11 is 0. The van der Waals surface area contributed by atoms with E-state index >= 15 is 0 Å². The number of hydrogen-bond donors (Lipinski definition) is 2. The second-order valence-electron chi connectivity index (χ2n) is 8.75. The predicted molar refractivity (Wildman–Crippen MR) is 127 cm³/mol. The third kappa shape index (κ3) is 4.33. The molecule has 0 radical (unpaired) electrons. The Morgan fingerprint density at radius 3 is 2.68 bits per heavy atom. The van der Waals surface area contributed by atoms with Gasteiger partial charge in [0.15, 0.2) is 0 Å². The van der Waals surface area contributed by atoms with Gasteiger partial charge in [0.2, 0.25) is 11.9 Å². The second kappa shape index (κ2) is 9.55. The predicted octanol–water partition coefficient (Wildman–Crippen LogP) is 1.84. The molecule has 2 aliphatic heterocycles. The van der Waals surface area contributed by atoms with Gasteiger partial charge in [-0.3, -0.25) is 19.4 Å². The third-order valence-electron chi connectivity index (χ3n) is 6.36. The van der Waals surface area contributed by atoms with Gasteiger partial charge in [0.05, 0.1) is 24.2 Å². The second-order valence-corrected chi connectivity index (χ2v) is 8.75. The Morgan fingerprint density at radius 1 is 1.29 bits per heavy atom. The van der Waals surface area contributed by atoms with Crippen LogP contribution in [-0.4, -0.2) is 55.6 Å². The van der Waals surface area contributed by atoms with Gasteiger partial charge in [0.25, 0.3) is 5.56 Å². The molecule has 0 spiro atoms. The van der Waals surface area contributed by atoms with Gasteiger partial charge in [-0.25, -0.2) is 0 Å². The Bertz CT molecular complexity index is 1180. The van der Waals surface area contributed by atoms with E-state index in [0.29, 0.717) is 31.7 Å². The molecule has 0 saturated carbocycles. The molecule has 2 aliphatic rings. The largest absolute Gasteiger partial charge is 0.466 e. The number of aromatic amines is 1. The fraction of sp³-hybridized carbons (Fsp3) is 0.458. The molecule has 10 heteroatoms. The maximum Gasteiger partial charge on any atom is 0.310 e. The minimum atomic E-state index is -1.06. The normalized spacial score (nSPS) is 21.8. The van der Waals surface area contributed by atoms with Crippen LogP contribution in [0.1, 0.15) is 36.8 Å². The molecular formula is C24H28N6O4. The average Bonchev–Trinajstić information content (AvgIpc) is 2.83. The van der Waals surface area contributed by atoms with Crippen LogP contribution in [0.4, 0.5) is 17.5 Å². The quantitative estimate of drug-likeness (QED) is 0.641. The van der Waals surface area contributed by atoms with Crippen molar-refractivity contribution in [3.63, 3.8) is 0 Å². The van der Waals surface area contributed by atoms with Gasteiger partial charge in [-0.1, -0.05) is 12.1 Å². The number of esters is 1. The molecule has 0 aliphatic carbocycles. The monoisotopic (exact) mass is 464 g/mol. The standard InChI is InChI=1S/C24H28N6O4/c1-4-34-23(33)15-6-5-11-30(13-15)24-27-20-19(22(32)28-24)18(17(12-25)21(31)26-20)14-7-9-16(10-8-14)29(2)3/h7-10,15,17-18H,4-6,11,13H2,1-3H3,(H2,26,27,28,31,32). The van der Waals surface area contributed by atoms with Crippen molar-refractivity contribution in [2.75, 3.05) is 48.9 Å². The number of anilines is 3. The summed E-state index contributed by atoms with van der Waals surface area (Å²) in [5, 5.41) is 12.4. The number of carbonyl (C=O) groups excluding carboxylic acids is 2. The lowest BCUT2D eigenvalue weighted by Gasteiger charge is -2.33. The summed E-state index contributed by atoms with van der Waals surface area (Å²) in [4.78, 5) is 49.4. The van der Waals surface area contributed by atoms with Crippen LogP contribution in [0.15, 0.2) is 29.1 Å². The zero-order valence-corrected chi connectivity index (χ0v) is 19.5. The topological polar surface area (TPSA) is 131 Å². The molecule has 3 atom stereocenters. The van der Waals surface area contributed by atoms with Crippen molar-refractivity contribution in [2.24, 2.45) is 11.8 Å². The fourth-order valence-corrected chi connectivity index (χ4v) is 4.61. The van der Waals surface area contributed by atoms with Crippen molar-refractivity contribution >= 4 is 29.3 Å². The number of nitrogens with one attached hydrogen (secondary N) is 2. The molecule has 178 valence electrons. The first-order valence-corrected chi connectivity index (χ1v) is 11.4. The van der Waals surface area contributed by atoms with Crippen LogP contribution in [-0.2, 0) is 14.3 Å². The van der Waals surface area contributed by atoms with E-state index in [2.05, 4.69) is 21.4 Å². The summed E-state index contributed by atoms with van der Waals surface area (Å²) in [6, 6.07) is 9.48. The summed E-state index contributed by atoms with van der Waals surface area (Å²) in [6.45, 7) is 3.06. The minimum Gasteiger partial charge on any atom is -0.466 e. The first-order chi connectivity index (χ1) is 16.3. The zero-order chi connectivity index (χ0) is 24.4. The van der Waals surface area contributed by atoms with Gasteiger partial charge in [-0.05, 0) is 37.5 Å². The highest BCUT2D eigenvalue weighted by Gasteiger charge is 2.40. The number of piperidine rings is 1. The first-order valence-electron chi connectivity index (χ1n) is 11.4. The molecule has 2 N–H and O–H groups in total. The first kappa shape index (κ1) is 23.3. The van der Waals surface area contributed by atoms with Crippen LogP contribution in [0.3, 0.4) is 0 Å². The minimum absolute atomic E-state index is 0.148. The number of ether oxygens (including phenoxy) is 1. The van der Waals surface area contributed by atoms with E-state index in [4.69, 9.17) is 4.74 Å². The average molecular weight is 465 g/mol. The Hall–Kier alpha value is -3.87. The molecule has 2 aromatic rings. The number of aromatic nitrogens is 2. The molecule has 10 nitrogen and oxygen atoms in total. The van der Waals surface area contributed by atoms with Gasteiger partial charge in [0, 0.05) is 38.8 Å². The summed E-state index contributed by atoms with van der Waals surface area (Å²) in [5.41, 5.74) is 1.49. The van der Waals surface area contributed by atoms with Crippen molar-refractivity contribution in [3.8, 4) is 6.07 Å². The number of fused-ring (bicyclic) bond motifs is 1. The van der Waals surface area contributed by atoms with E-state index in [0.717, 1.165) is 12.1 Å². The molecule has 1 fully saturated rings. The molecule has 3 unspecified atom stereocenters. The van der Waals surface area contributed by atoms with Crippen LogP contribution in [0.5, 0.6) is 0 Å². The molecule has 34 heavy (non-hydrogen) atoms. The van der Waals surface area contributed by atoms with Gasteiger partial charge in [-0.2, -0.15) is 10.2 Å². The Kier molecular flexibility index (Phi) is 6.54. The Morgan fingerprint density at radius 2 is 2.03 bits per heavy atom. The van der Waals surface area contributed by atoms with Gasteiger partial charge in [0.1, 0.15) is 11.7 Å². The van der Waals surface area contributed by atoms with Crippen molar-refractivity contribution in [1.29, 1.82) is 5.26 Å². The third-order valence-corrected chi connectivity index (χ3v) is 6.36. The number of benzene rings is 1. The Balaban J connectivity index is 1.71. The Labute approximate surface area is 197 Å². The SMILES string of the molecule is CCOC(=O)C1CCCN(c2nc3c(c(=O)[nH]2)C(c2ccc(N(C)C)cc2)C(C#N)C(=O)N3)C1. The number of H-pyrrole nitrogens is 1. The number of amides is 1.